The smallest absolute Gasteiger partial charge is 0.317 e. The Morgan fingerprint density at radius 1 is 1.50 bits per heavy atom. The van der Waals surface area contributed by atoms with Crippen LogP contribution in [0.3, 0.4) is 0 Å². The molecular weight excluding hydrogens is 256 g/mol. The molecule has 0 aromatic heterocycles. The molecule has 0 bridgehead atoms. The molecule has 0 aromatic carbocycles. The van der Waals surface area contributed by atoms with Crippen molar-refractivity contribution in [2.45, 2.75) is 38.8 Å². The third-order valence-electron chi connectivity index (χ3n) is 2.68. The van der Waals surface area contributed by atoms with Gasteiger partial charge in [0, 0.05) is 38.1 Å². The van der Waals surface area contributed by atoms with Crippen LogP contribution in [0, 0.1) is 0 Å². The lowest BCUT2D eigenvalue weighted by Gasteiger charge is -2.17. The van der Waals surface area contributed by atoms with Gasteiger partial charge in [-0.2, -0.15) is 0 Å². The topological polar surface area (TPSA) is 87.5 Å². The predicted molar refractivity (Wildman–Crippen MR) is 72.7 cm³/mol. The summed E-state index contributed by atoms with van der Waals surface area (Å²) in [6.45, 7) is 5.58. The molecule has 106 valence electrons. The predicted octanol–water partition coefficient (Wildman–Crippen LogP) is 0.0655. The molecule has 1 rings (SSSR count). The first kappa shape index (κ1) is 17.0. The van der Waals surface area contributed by atoms with Crippen LogP contribution in [-0.4, -0.2) is 48.6 Å². The summed E-state index contributed by atoms with van der Waals surface area (Å²) < 4.78 is 0. The largest absolute Gasteiger partial charge is 0.351 e. The highest BCUT2D eigenvalue weighted by atomic mass is 35.5. The summed E-state index contributed by atoms with van der Waals surface area (Å²) in [6, 6.07) is -0.129. The minimum atomic E-state index is -0.129. The number of halogens is 1. The van der Waals surface area contributed by atoms with E-state index in [1.165, 1.54) is 0 Å². The number of carbonyl (C=O) groups excluding carboxylic acids is 2. The average molecular weight is 279 g/mol. The fraction of sp³-hybridized carbons (Fsp3) is 0.818. The van der Waals surface area contributed by atoms with Crippen LogP contribution >= 0.6 is 12.4 Å². The maximum absolute atomic E-state index is 11.5. The molecule has 0 aliphatic carbocycles. The molecule has 6 nitrogen and oxygen atoms in total. The van der Waals surface area contributed by atoms with E-state index in [9.17, 15) is 9.59 Å². The second-order valence-corrected chi connectivity index (χ2v) is 4.52. The van der Waals surface area contributed by atoms with E-state index in [1.807, 2.05) is 6.92 Å². The van der Waals surface area contributed by atoms with Gasteiger partial charge in [-0.05, 0) is 20.3 Å². The molecule has 0 saturated carbocycles. The highest BCUT2D eigenvalue weighted by molar-refractivity contribution is 5.85. The van der Waals surface area contributed by atoms with E-state index < -0.39 is 0 Å². The minimum Gasteiger partial charge on any atom is -0.351 e. The quantitative estimate of drug-likeness (QED) is 0.680. The molecule has 2 unspecified atom stereocenters. The first-order valence-corrected chi connectivity index (χ1v) is 6.10. The van der Waals surface area contributed by atoms with Crippen LogP contribution in [-0.2, 0) is 4.79 Å². The molecule has 0 radical (unpaired) electrons. The highest BCUT2D eigenvalue weighted by Gasteiger charge is 2.26. The zero-order valence-electron chi connectivity index (χ0n) is 10.9. The molecule has 1 aliphatic rings. The van der Waals surface area contributed by atoms with Gasteiger partial charge in [0.25, 0.3) is 0 Å². The van der Waals surface area contributed by atoms with Gasteiger partial charge in [-0.1, -0.05) is 0 Å². The van der Waals surface area contributed by atoms with Crippen molar-refractivity contribution in [3.05, 3.63) is 0 Å². The summed E-state index contributed by atoms with van der Waals surface area (Å²) in [6.07, 6.45) is 1.14. The number of hydrogen-bond acceptors (Lipinski definition) is 3. The average Bonchev–Trinajstić information content (AvgIpc) is 2.65. The number of carbonyl (C=O) groups is 2. The third kappa shape index (κ3) is 5.55. The third-order valence-corrected chi connectivity index (χ3v) is 2.68. The molecule has 4 N–H and O–H groups in total. The Labute approximate surface area is 114 Å². The molecule has 0 spiro atoms. The Morgan fingerprint density at radius 3 is 2.72 bits per heavy atom. The standard InChI is InChI=1S/C11H22N4O2.ClH/c1-3-13-11(17)15-5-4-9(7-15)14-10(16)6-8(2)12;/h8-9H,3-7,12H2,1-2H3,(H,13,17)(H,14,16);1H. The lowest BCUT2D eigenvalue weighted by molar-refractivity contribution is -0.121. The SMILES string of the molecule is CCNC(=O)N1CCC(NC(=O)CC(C)N)C1.Cl. The summed E-state index contributed by atoms with van der Waals surface area (Å²) >= 11 is 0. The normalized spacial score (nSPS) is 19.9. The summed E-state index contributed by atoms with van der Waals surface area (Å²) in [4.78, 5) is 24.8. The molecule has 18 heavy (non-hydrogen) atoms. The van der Waals surface area contributed by atoms with E-state index in [0.29, 0.717) is 26.1 Å². The summed E-state index contributed by atoms with van der Waals surface area (Å²) in [5.74, 6) is -0.0391. The van der Waals surface area contributed by atoms with Gasteiger partial charge < -0.3 is 21.3 Å². The summed E-state index contributed by atoms with van der Waals surface area (Å²) in [7, 11) is 0. The van der Waals surface area contributed by atoms with Gasteiger partial charge in [-0.3, -0.25) is 4.79 Å². The van der Waals surface area contributed by atoms with E-state index in [2.05, 4.69) is 10.6 Å². The maximum atomic E-state index is 11.5. The van der Waals surface area contributed by atoms with Gasteiger partial charge >= 0.3 is 6.03 Å². The highest BCUT2D eigenvalue weighted by Crippen LogP contribution is 2.09. The van der Waals surface area contributed by atoms with E-state index in [-0.39, 0.29) is 36.4 Å². The van der Waals surface area contributed by atoms with Crippen molar-refractivity contribution >= 4 is 24.3 Å². The van der Waals surface area contributed by atoms with Crippen LogP contribution in [0.25, 0.3) is 0 Å². The number of nitrogens with one attached hydrogen (secondary N) is 2. The van der Waals surface area contributed by atoms with Crippen molar-refractivity contribution < 1.29 is 9.59 Å². The number of nitrogens with zero attached hydrogens (tertiary/aromatic N) is 1. The molecular formula is C11H23ClN4O2. The molecule has 1 heterocycles. The van der Waals surface area contributed by atoms with E-state index in [0.717, 1.165) is 6.42 Å². The first-order valence-electron chi connectivity index (χ1n) is 6.10. The molecule has 1 aliphatic heterocycles. The number of urea groups is 1. The van der Waals surface area contributed by atoms with Crippen LogP contribution in [0.1, 0.15) is 26.7 Å². The summed E-state index contributed by atoms with van der Waals surface area (Å²) in [5.41, 5.74) is 5.55. The summed E-state index contributed by atoms with van der Waals surface area (Å²) in [5, 5.41) is 5.64. The molecule has 7 heteroatoms. The van der Waals surface area contributed by atoms with Crippen LogP contribution in [0.15, 0.2) is 0 Å². The van der Waals surface area contributed by atoms with Crippen molar-refractivity contribution in [1.82, 2.24) is 15.5 Å². The Kier molecular flexibility index (Phi) is 7.70. The van der Waals surface area contributed by atoms with Gasteiger partial charge in [0.15, 0.2) is 0 Å². The first-order chi connectivity index (χ1) is 8.02. The molecule has 0 aromatic rings. The van der Waals surface area contributed by atoms with Crippen molar-refractivity contribution in [2.24, 2.45) is 5.73 Å². The van der Waals surface area contributed by atoms with Crippen LogP contribution < -0.4 is 16.4 Å². The van der Waals surface area contributed by atoms with Crippen LogP contribution in [0.2, 0.25) is 0 Å². The molecule has 3 amide bonds. The fourth-order valence-electron chi connectivity index (χ4n) is 1.90. The van der Waals surface area contributed by atoms with Crippen LogP contribution in [0.4, 0.5) is 4.79 Å². The van der Waals surface area contributed by atoms with Gasteiger partial charge in [0.2, 0.25) is 5.91 Å². The number of amides is 3. The Morgan fingerprint density at radius 2 is 2.17 bits per heavy atom. The number of hydrogen-bond donors (Lipinski definition) is 3. The van der Waals surface area contributed by atoms with Crippen molar-refractivity contribution in [1.29, 1.82) is 0 Å². The van der Waals surface area contributed by atoms with Crippen LogP contribution in [0.5, 0.6) is 0 Å². The van der Waals surface area contributed by atoms with Gasteiger partial charge in [-0.15, -0.1) is 12.4 Å². The van der Waals surface area contributed by atoms with Gasteiger partial charge in [-0.25, -0.2) is 4.79 Å². The minimum absolute atomic E-state index is 0. The second kappa shape index (κ2) is 8.16. The van der Waals surface area contributed by atoms with E-state index in [1.54, 1.807) is 11.8 Å². The number of likely N-dealkylation sites (tertiary alicyclic amines) is 1. The lowest BCUT2D eigenvalue weighted by Crippen LogP contribution is -2.42. The Balaban J connectivity index is 0.00000289. The maximum Gasteiger partial charge on any atom is 0.317 e. The molecule has 1 fully saturated rings. The molecule has 1 saturated heterocycles. The number of nitrogens with two attached hydrogens (primary N) is 1. The number of rotatable bonds is 4. The zero-order chi connectivity index (χ0) is 12.8. The van der Waals surface area contributed by atoms with Crippen molar-refractivity contribution in [2.75, 3.05) is 19.6 Å². The van der Waals surface area contributed by atoms with Gasteiger partial charge in [0.05, 0.1) is 0 Å². The van der Waals surface area contributed by atoms with E-state index >= 15 is 0 Å². The Hall–Kier alpha value is -1.01. The lowest BCUT2D eigenvalue weighted by atomic mass is 10.2. The fourth-order valence-corrected chi connectivity index (χ4v) is 1.90. The van der Waals surface area contributed by atoms with Crippen molar-refractivity contribution in [3.63, 3.8) is 0 Å². The second-order valence-electron chi connectivity index (χ2n) is 4.52. The zero-order valence-corrected chi connectivity index (χ0v) is 11.8. The van der Waals surface area contributed by atoms with E-state index in [4.69, 9.17) is 5.73 Å². The van der Waals surface area contributed by atoms with Crippen molar-refractivity contribution in [3.8, 4) is 0 Å². The molecule has 2 atom stereocenters. The van der Waals surface area contributed by atoms with Gasteiger partial charge in [0.1, 0.15) is 0 Å². The Bertz CT molecular complexity index is 286. The monoisotopic (exact) mass is 278 g/mol.